The van der Waals surface area contributed by atoms with Crippen LogP contribution in [0.3, 0.4) is 0 Å². The molecule has 8 nitrogen and oxygen atoms in total. The van der Waals surface area contributed by atoms with Gasteiger partial charge in [-0.1, -0.05) is 19.3 Å². The van der Waals surface area contributed by atoms with Gasteiger partial charge in [0.1, 0.15) is 5.54 Å². The average Bonchev–Trinajstić information content (AvgIpc) is 2.99. The highest BCUT2D eigenvalue weighted by molar-refractivity contribution is 7.93. The molecule has 1 unspecified atom stereocenters. The van der Waals surface area contributed by atoms with Crippen molar-refractivity contribution in [3.63, 3.8) is 0 Å². The van der Waals surface area contributed by atoms with Crippen molar-refractivity contribution in [2.45, 2.75) is 69.9 Å². The molecule has 9 heteroatoms. The molecule has 3 aliphatic rings. The van der Waals surface area contributed by atoms with Gasteiger partial charge in [-0.2, -0.15) is 4.31 Å². The zero-order valence-electron chi connectivity index (χ0n) is 16.8. The molecule has 2 amide bonds. The standard InChI is InChI=1S/C19H32N4O4S/c1-19(18(20)25)12-16(13-22(19)2)28(26,27)23-10-8-14(9-11-23)17(24)21-15-6-4-3-5-7-15/h13-15H,3-12H2,1-2H3,(H2,20,25)(H,21,24). The first-order valence-electron chi connectivity index (χ1n) is 10.2. The average molecular weight is 413 g/mol. The van der Waals surface area contributed by atoms with Crippen LogP contribution in [-0.2, 0) is 19.6 Å². The second kappa shape index (κ2) is 8.02. The van der Waals surface area contributed by atoms with E-state index in [0.717, 1.165) is 25.7 Å². The number of nitrogens with one attached hydrogen (secondary N) is 1. The molecule has 0 bridgehead atoms. The molecule has 0 spiro atoms. The zero-order chi connectivity index (χ0) is 20.5. The van der Waals surface area contributed by atoms with Gasteiger partial charge in [0.25, 0.3) is 0 Å². The Hall–Kier alpha value is -1.61. The molecular formula is C19H32N4O4S. The Morgan fingerprint density at radius 3 is 2.29 bits per heavy atom. The smallest absolute Gasteiger partial charge is 0.243 e. The Morgan fingerprint density at radius 2 is 1.75 bits per heavy atom. The molecule has 2 fully saturated rings. The van der Waals surface area contributed by atoms with Gasteiger partial charge in [0, 0.05) is 44.7 Å². The van der Waals surface area contributed by atoms with Crippen molar-refractivity contribution in [3.05, 3.63) is 11.1 Å². The van der Waals surface area contributed by atoms with Gasteiger partial charge in [-0.25, -0.2) is 8.42 Å². The lowest BCUT2D eigenvalue weighted by Crippen LogP contribution is -2.49. The molecular weight excluding hydrogens is 380 g/mol. The SMILES string of the molecule is CN1C=C(S(=O)(=O)N2CCC(C(=O)NC3CCCCC3)CC2)CC1(C)C(N)=O. The first kappa shape index (κ1) is 21.1. The zero-order valence-corrected chi connectivity index (χ0v) is 17.6. The summed E-state index contributed by atoms with van der Waals surface area (Å²) in [5.41, 5.74) is 4.44. The van der Waals surface area contributed by atoms with Crippen LogP contribution in [0.4, 0.5) is 0 Å². The van der Waals surface area contributed by atoms with E-state index in [1.54, 1.807) is 18.9 Å². The number of carbonyl (C=O) groups excluding carboxylic acids is 2. The number of hydrogen-bond acceptors (Lipinski definition) is 5. The van der Waals surface area contributed by atoms with E-state index in [0.29, 0.717) is 25.9 Å². The van der Waals surface area contributed by atoms with Gasteiger partial charge < -0.3 is 16.0 Å². The molecule has 3 rings (SSSR count). The summed E-state index contributed by atoms with van der Waals surface area (Å²) in [5, 5.41) is 3.15. The van der Waals surface area contributed by atoms with Gasteiger partial charge in [0.05, 0.1) is 4.91 Å². The van der Waals surface area contributed by atoms with Gasteiger partial charge in [-0.05, 0) is 32.6 Å². The molecule has 1 saturated heterocycles. The Morgan fingerprint density at radius 1 is 1.14 bits per heavy atom. The van der Waals surface area contributed by atoms with Crippen LogP contribution in [0.15, 0.2) is 11.1 Å². The molecule has 0 aromatic rings. The number of piperidine rings is 1. The monoisotopic (exact) mass is 412 g/mol. The minimum Gasteiger partial charge on any atom is -0.368 e. The predicted molar refractivity (Wildman–Crippen MR) is 106 cm³/mol. The Balaban J connectivity index is 1.57. The van der Waals surface area contributed by atoms with Crippen LogP contribution < -0.4 is 11.1 Å². The maximum Gasteiger partial charge on any atom is 0.243 e. The first-order chi connectivity index (χ1) is 13.1. The molecule has 1 aliphatic carbocycles. The summed E-state index contributed by atoms with van der Waals surface area (Å²) in [7, 11) is -2.00. The third-order valence-corrected chi connectivity index (χ3v) is 8.57. The van der Waals surface area contributed by atoms with Gasteiger partial charge in [-0.3, -0.25) is 9.59 Å². The fraction of sp³-hybridized carbons (Fsp3) is 0.789. The minimum atomic E-state index is -3.66. The highest BCUT2D eigenvalue weighted by Crippen LogP contribution is 2.35. The second-order valence-corrected chi connectivity index (χ2v) is 10.5. The lowest BCUT2D eigenvalue weighted by Gasteiger charge is -2.32. The topological polar surface area (TPSA) is 113 Å². The third-order valence-electron chi connectivity index (χ3n) is 6.61. The Kier molecular flexibility index (Phi) is 6.05. The maximum atomic E-state index is 13.0. The summed E-state index contributed by atoms with van der Waals surface area (Å²) in [4.78, 5) is 26.1. The number of hydrogen-bond donors (Lipinski definition) is 2. The van der Waals surface area contributed by atoms with Crippen LogP contribution in [0.25, 0.3) is 0 Å². The number of nitrogens with zero attached hydrogens (tertiary/aromatic N) is 2. The van der Waals surface area contributed by atoms with Gasteiger partial charge in [0.2, 0.25) is 21.8 Å². The van der Waals surface area contributed by atoms with Crippen LogP contribution in [0.2, 0.25) is 0 Å². The van der Waals surface area contributed by atoms with E-state index < -0.39 is 21.5 Å². The number of rotatable bonds is 5. The summed E-state index contributed by atoms with van der Waals surface area (Å²) in [6, 6.07) is 0.272. The lowest BCUT2D eigenvalue weighted by atomic mass is 9.93. The molecule has 0 radical (unpaired) electrons. The van der Waals surface area contributed by atoms with Crippen molar-refractivity contribution in [2.24, 2.45) is 11.7 Å². The van der Waals surface area contributed by atoms with Crippen molar-refractivity contribution < 1.29 is 18.0 Å². The highest BCUT2D eigenvalue weighted by Gasteiger charge is 2.45. The quantitative estimate of drug-likeness (QED) is 0.697. The van der Waals surface area contributed by atoms with Crippen molar-refractivity contribution in [3.8, 4) is 0 Å². The molecule has 0 aromatic heterocycles. The number of nitrogens with two attached hydrogens (primary N) is 1. The summed E-state index contributed by atoms with van der Waals surface area (Å²) in [5.74, 6) is -0.621. The molecule has 158 valence electrons. The van der Waals surface area contributed by atoms with E-state index in [1.807, 2.05) is 0 Å². The third kappa shape index (κ3) is 4.05. The first-order valence-corrected chi connectivity index (χ1v) is 11.6. The van der Waals surface area contributed by atoms with Gasteiger partial charge >= 0.3 is 0 Å². The van der Waals surface area contributed by atoms with Crippen molar-refractivity contribution in [2.75, 3.05) is 20.1 Å². The summed E-state index contributed by atoms with van der Waals surface area (Å²) in [6.45, 7) is 2.29. The van der Waals surface area contributed by atoms with Gasteiger partial charge in [0.15, 0.2) is 0 Å². The molecule has 1 atom stereocenters. The number of carbonyl (C=O) groups is 2. The normalized spacial score (nSPS) is 28.2. The summed E-state index contributed by atoms with van der Waals surface area (Å²) < 4.78 is 27.5. The van der Waals surface area contributed by atoms with Crippen molar-refractivity contribution in [1.82, 2.24) is 14.5 Å². The Bertz CT molecular complexity index is 752. The van der Waals surface area contributed by atoms with Crippen LogP contribution in [0.1, 0.15) is 58.3 Å². The number of sulfonamides is 1. The summed E-state index contributed by atoms with van der Waals surface area (Å²) >= 11 is 0. The predicted octanol–water partition coefficient (Wildman–Crippen LogP) is 0.898. The van der Waals surface area contributed by atoms with Crippen molar-refractivity contribution >= 4 is 21.8 Å². The summed E-state index contributed by atoms with van der Waals surface area (Å²) in [6.07, 6.45) is 8.26. The Labute approximate surface area is 167 Å². The van der Waals surface area contributed by atoms with E-state index in [9.17, 15) is 18.0 Å². The van der Waals surface area contributed by atoms with Crippen molar-refractivity contribution in [1.29, 1.82) is 0 Å². The maximum absolute atomic E-state index is 13.0. The molecule has 3 N–H and O–H groups in total. The molecule has 1 saturated carbocycles. The number of likely N-dealkylation sites (N-methyl/N-ethyl adjacent to an activating group) is 1. The minimum absolute atomic E-state index is 0.0602. The lowest BCUT2D eigenvalue weighted by molar-refractivity contribution is -0.127. The number of amides is 2. The van der Waals surface area contributed by atoms with Crippen LogP contribution in [0, 0.1) is 5.92 Å². The van der Waals surface area contributed by atoms with E-state index >= 15 is 0 Å². The van der Waals surface area contributed by atoms with E-state index in [2.05, 4.69) is 5.32 Å². The highest BCUT2D eigenvalue weighted by atomic mass is 32.2. The van der Waals surface area contributed by atoms with Crippen LogP contribution >= 0.6 is 0 Å². The number of primary amides is 1. The van der Waals surface area contributed by atoms with E-state index in [4.69, 9.17) is 5.73 Å². The van der Waals surface area contributed by atoms with Crippen LogP contribution in [-0.4, -0.2) is 61.2 Å². The molecule has 2 aliphatic heterocycles. The second-order valence-electron chi connectivity index (χ2n) is 8.54. The van der Waals surface area contributed by atoms with E-state index in [-0.39, 0.29) is 29.2 Å². The van der Waals surface area contributed by atoms with Gasteiger partial charge in [-0.15, -0.1) is 0 Å². The largest absolute Gasteiger partial charge is 0.368 e. The van der Waals surface area contributed by atoms with E-state index in [1.165, 1.54) is 16.9 Å². The fourth-order valence-corrected chi connectivity index (χ4v) is 6.15. The van der Waals surface area contributed by atoms with Crippen LogP contribution in [0.5, 0.6) is 0 Å². The fourth-order valence-electron chi connectivity index (χ4n) is 4.38. The molecule has 0 aromatic carbocycles. The molecule has 28 heavy (non-hydrogen) atoms. The molecule has 2 heterocycles.